The summed E-state index contributed by atoms with van der Waals surface area (Å²) in [6.07, 6.45) is 0. The fraction of sp³-hybridized carbons (Fsp3) is 0.500. The summed E-state index contributed by atoms with van der Waals surface area (Å²) in [5.74, 6) is 2.08. The second-order valence-corrected chi connectivity index (χ2v) is 4.59. The first-order valence-corrected chi connectivity index (χ1v) is 5.87. The van der Waals surface area contributed by atoms with Crippen LogP contribution in [0.15, 0.2) is 18.2 Å². The average Bonchev–Trinajstić information content (AvgIpc) is 2.16. The Bertz CT molecular complexity index is 279. The number of halogens is 1. The predicted octanol–water partition coefficient (Wildman–Crippen LogP) is 4.66. The van der Waals surface area contributed by atoms with Crippen molar-refractivity contribution in [1.82, 2.24) is 0 Å². The van der Waals surface area contributed by atoms with Gasteiger partial charge < -0.3 is 3.07 Å². The molecule has 2 heteroatoms. The molecule has 0 heterocycles. The first-order valence-electron chi connectivity index (χ1n) is 4.99. The molecule has 1 aromatic carbocycles. The van der Waals surface area contributed by atoms with E-state index in [1.54, 1.807) is 0 Å². The topological polar surface area (TPSA) is 9.23 Å². The molecule has 0 aliphatic heterocycles. The molecule has 0 fully saturated rings. The summed E-state index contributed by atoms with van der Waals surface area (Å²) >= 11 is 1.97. The van der Waals surface area contributed by atoms with Gasteiger partial charge in [-0.2, -0.15) is 0 Å². The maximum atomic E-state index is 5.47. The van der Waals surface area contributed by atoms with Crippen LogP contribution in [0.1, 0.15) is 50.7 Å². The highest BCUT2D eigenvalue weighted by atomic mass is 127. The summed E-state index contributed by atoms with van der Waals surface area (Å²) in [7, 11) is 0. The third-order valence-electron chi connectivity index (χ3n) is 2.40. The van der Waals surface area contributed by atoms with E-state index in [0.717, 1.165) is 5.75 Å². The van der Waals surface area contributed by atoms with Gasteiger partial charge in [0, 0.05) is 0 Å². The lowest BCUT2D eigenvalue weighted by Crippen LogP contribution is -1.97. The van der Waals surface area contributed by atoms with Gasteiger partial charge in [-0.15, -0.1) is 0 Å². The molecule has 0 atom stereocenters. The van der Waals surface area contributed by atoms with E-state index >= 15 is 0 Å². The average molecular weight is 304 g/mol. The molecule has 0 saturated heterocycles. The summed E-state index contributed by atoms with van der Waals surface area (Å²) in [6, 6.07) is 6.40. The van der Waals surface area contributed by atoms with Gasteiger partial charge in [-0.3, -0.25) is 0 Å². The van der Waals surface area contributed by atoms with Crippen molar-refractivity contribution in [1.29, 1.82) is 0 Å². The van der Waals surface area contributed by atoms with Gasteiger partial charge >= 0.3 is 0 Å². The molecule has 0 spiro atoms. The third kappa shape index (κ3) is 2.41. The Hall–Kier alpha value is -0.250. The first kappa shape index (κ1) is 11.8. The number of hydrogen-bond acceptors (Lipinski definition) is 1. The highest BCUT2D eigenvalue weighted by Crippen LogP contribution is 2.35. The standard InChI is InChI=1S/C12H17IO/c1-8(2)10-6-5-7-11(9(3)4)12(10)14-13/h5-9H,1-4H3. The maximum Gasteiger partial charge on any atom is 0.192 e. The van der Waals surface area contributed by atoms with Crippen LogP contribution < -0.4 is 3.07 Å². The van der Waals surface area contributed by atoms with Crippen LogP contribution >= 0.6 is 23.0 Å². The van der Waals surface area contributed by atoms with Crippen molar-refractivity contribution in [3.05, 3.63) is 29.3 Å². The highest BCUT2D eigenvalue weighted by molar-refractivity contribution is 14.1. The number of hydrogen-bond donors (Lipinski definition) is 0. The zero-order valence-corrected chi connectivity index (χ0v) is 11.3. The molecule has 78 valence electrons. The van der Waals surface area contributed by atoms with E-state index in [2.05, 4.69) is 45.9 Å². The number of benzene rings is 1. The van der Waals surface area contributed by atoms with Crippen LogP contribution in [0.4, 0.5) is 0 Å². The van der Waals surface area contributed by atoms with Crippen LogP contribution in [0.3, 0.4) is 0 Å². The van der Waals surface area contributed by atoms with Crippen LogP contribution in [0.5, 0.6) is 5.75 Å². The lowest BCUT2D eigenvalue weighted by molar-refractivity contribution is 0.657. The molecule has 1 rings (SSSR count). The summed E-state index contributed by atoms with van der Waals surface area (Å²) in [5, 5.41) is 0. The summed E-state index contributed by atoms with van der Waals surface area (Å²) in [5.41, 5.74) is 2.59. The van der Waals surface area contributed by atoms with Crippen LogP contribution in [0.2, 0.25) is 0 Å². The van der Waals surface area contributed by atoms with Gasteiger partial charge in [0.1, 0.15) is 5.75 Å². The minimum absolute atomic E-state index is 0.512. The zero-order chi connectivity index (χ0) is 10.7. The van der Waals surface area contributed by atoms with Crippen LogP contribution in [0, 0.1) is 0 Å². The van der Waals surface area contributed by atoms with E-state index in [1.807, 2.05) is 23.0 Å². The minimum atomic E-state index is 0.512. The van der Waals surface area contributed by atoms with Crippen molar-refractivity contribution in [2.24, 2.45) is 0 Å². The Morgan fingerprint density at radius 3 is 1.71 bits per heavy atom. The largest absolute Gasteiger partial charge is 0.427 e. The normalized spacial score (nSPS) is 11.1. The van der Waals surface area contributed by atoms with Gasteiger partial charge in [-0.1, -0.05) is 45.9 Å². The van der Waals surface area contributed by atoms with E-state index in [9.17, 15) is 0 Å². The van der Waals surface area contributed by atoms with Crippen molar-refractivity contribution in [2.75, 3.05) is 0 Å². The Morgan fingerprint density at radius 1 is 1.00 bits per heavy atom. The van der Waals surface area contributed by atoms with Gasteiger partial charge in [0.2, 0.25) is 0 Å². The summed E-state index contributed by atoms with van der Waals surface area (Å²) < 4.78 is 5.47. The molecule has 0 saturated carbocycles. The van der Waals surface area contributed by atoms with Crippen LogP contribution in [-0.4, -0.2) is 0 Å². The molecule has 0 aliphatic rings. The lowest BCUT2D eigenvalue weighted by atomic mass is 9.94. The molecular formula is C12H17IO. The maximum absolute atomic E-state index is 5.47. The predicted molar refractivity (Wildman–Crippen MR) is 69.3 cm³/mol. The fourth-order valence-electron chi connectivity index (χ4n) is 1.57. The highest BCUT2D eigenvalue weighted by Gasteiger charge is 2.14. The summed E-state index contributed by atoms with van der Waals surface area (Å²) in [6.45, 7) is 8.77. The lowest BCUT2D eigenvalue weighted by Gasteiger charge is -2.16. The zero-order valence-electron chi connectivity index (χ0n) is 9.17. The molecular weight excluding hydrogens is 287 g/mol. The van der Waals surface area contributed by atoms with Crippen LogP contribution in [0.25, 0.3) is 0 Å². The smallest absolute Gasteiger partial charge is 0.192 e. The second kappa shape index (κ2) is 5.01. The van der Waals surface area contributed by atoms with Crippen molar-refractivity contribution < 1.29 is 3.07 Å². The van der Waals surface area contributed by atoms with Gasteiger partial charge in [-0.05, 0) is 23.0 Å². The molecule has 0 bridgehead atoms. The Morgan fingerprint density at radius 2 is 1.43 bits per heavy atom. The van der Waals surface area contributed by atoms with Crippen molar-refractivity contribution >= 4 is 23.0 Å². The van der Waals surface area contributed by atoms with E-state index in [0.29, 0.717) is 11.8 Å². The van der Waals surface area contributed by atoms with Crippen molar-refractivity contribution in [3.63, 3.8) is 0 Å². The number of rotatable bonds is 3. The molecule has 14 heavy (non-hydrogen) atoms. The minimum Gasteiger partial charge on any atom is -0.427 e. The van der Waals surface area contributed by atoms with Crippen molar-refractivity contribution in [2.45, 2.75) is 39.5 Å². The third-order valence-corrected chi connectivity index (χ3v) is 2.84. The molecule has 0 aliphatic carbocycles. The Labute approximate surface area is 101 Å². The van der Waals surface area contributed by atoms with E-state index in [-0.39, 0.29) is 0 Å². The monoisotopic (exact) mass is 304 g/mol. The SMILES string of the molecule is CC(C)c1cccc(C(C)C)c1OI. The molecule has 0 N–H and O–H groups in total. The van der Waals surface area contributed by atoms with Gasteiger partial charge in [0.15, 0.2) is 23.0 Å². The Kier molecular flexibility index (Phi) is 4.23. The van der Waals surface area contributed by atoms with E-state index in [4.69, 9.17) is 3.07 Å². The molecule has 1 aromatic rings. The van der Waals surface area contributed by atoms with Gasteiger partial charge in [0.05, 0.1) is 0 Å². The quantitative estimate of drug-likeness (QED) is 0.738. The van der Waals surface area contributed by atoms with Crippen molar-refractivity contribution in [3.8, 4) is 5.75 Å². The van der Waals surface area contributed by atoms with E-state index < -0.39 is 0 Å². The first-order chi connectivity index (χ1) is 6.57. The molecule has 0 radical (unpaired) electrons. The number of para-hydroxylation sites is 1. The van der Waals surface area contributed by atoms with Gasteiger partial charge in [0.25, 0.3) is 0 Å². The summed E-state index contributed by atoms with van der Waals surface area (Å²) in [4.78, 5) is 0. The van der Waals surface area contributed by atoms with Crippen LogP contribution in [-0.2, 0) is 0 Å². The molecule has 0 unspecified atom stereocenters. The Balaban J connectivity index is 3.25. The van der Waals surface area contributed by atoms with E-state index in [1.165, 1.54) is 11.1 Å². The molecule has 0 aromatic heterocycles. The molecule has 0 amide bonds. The molecule has 1 nitrogen and oxygen atoms in total. The second-order valence-electron chi connectivity index (χ2n) is 4.15. The fourth-order valence-corrected chi connectivity index (χ4v) is 2.08. The van der Waals surface area contributed by atoms with Gasteiger partial charge in [-0.25, -0.2) is 0 Å².